The fourth-order valence-electron chi connectivity index (χ4n) is 0.845. The molecule has 1 rings (SSSR count). The molecule has 0 spiro atoms. The average Bonchev–Trinajstić information content (AvgIpc) is 2.45. The maximum absolute atomic E-state index is 5.27. The van der Waals surface area contributed by atoms with Crippen molar-refractivity contribution in [2.75, 3.05) is 13.6 Å². The van der Waals surface area contributed by atoms with Gasteiger partial charge >= 0.3 is 0 Å². The summed E-state index contributed by atoms with van der Waals surface area (Å²) in [5.41, 5.74) is 0. The Labute approximate surface area is 80.8 Å². The van der Waals surface area contributed by atoms with Crippen LogP contribution in [-0.2, 0) is 0 Å². The zero-order valence-corrected chi connectivity index (χ0v) is 8.60. The predicted molar refractivity (Wildman–Crippen MR) is 54.0 cm³/mol. The summed E-state index contributed by atoms with van der Waals surface area (Å²) in [7, 11) is 1.94. The number of furan rings is 1. The van der Waals surface area contributed by atoms with Crippen LogP contribution >= 0.6 is 15.9 Å². The van der Waals surface area contributed by atoms with Crippen molar-refractivity contribution in [1.82, 2.24) is 5.32 Å². The van der Waals surface area contributed by atoms with Crippen molar-refractivity contribution in [2.24, 2.45) is 0 Å². The van der Waals surface area contributed by atoms with E-state index in [1.165, 1.54) is 0 Å². The molecule has 3 heteroatoms. The molecule has 0 unspecified atom stereocenters. The van der Waals surface area contributed by atoms with Crippen molar-refractivity contribution in [3.63, 3.8) is 0 Å². The van der Waals surface area contributed by atoms with Gasteiger partial charge in [0, 0.05) is 0 Å². The maximum atomic E-state index is 5.27. The number of hydrogen-bond donors (Lipinski definition) is 1. The van der Waals surface area contributed by atoms with Crippen LogP contribution in [0.2, 0.25) is 0 Å². The van der Waals surface area contributed by atoms with Crippen molar-refractivity contribution in [2.45, 2.75) is 6.42 Å². The van der Waals surface area contributed by atoms with E-state index in [4.69, 9.17) is 4.42 Å². The summed E-state index contributed by atoms with van der Waals surface area (Å²) in [6.45, 7) is 0.998. The van der Waals surface area contributed by atoms with E-state index in [-0.39, 0.29) is 0 Å². The number of rotatable bonds is 4. The van der Waals surface area contributed by atoms with Gasteiger partial charge in [-0.15, -0.1) is 0 Å². The first-order valence-corrected chi connectivity index (χ1v) is 4.68. The van der Waals surface area contributed by atoms with Gasteiger partial charge in [-0.05, 0) is 54.2 Å². The third kappa shape index (κ3) is 3.24. The standard InChI is InChI=1S/C9H12BrNO/c1-11-7-3-2-4-8-5-6-9(10)12-8/h2,4-6,11H,3,7H2,1H3/b4-2-. The Morgan fingerprint density at radius 3 is 3.00 bits per heavy atom. The minimum absolute atomic E-state index is 0.774. The summed E-state index contributed by atoms with van der Waals surface area (Å²) in [5, 5.41) is 3.07. The predicted octanol–water partition coefficient (Wildman–Crippen LogP) is 2.66. The Hall–Kier alpha value is -0.540. The molecule has 12 heavy (non-hydrogen) atoms. The second-order valence-corrected chi connectivity index (χ2v) is 3.22. The van der Waals surface area contributed by atoms with E-state index < -0.39 is 0 Å². The second-order valence-electron chi connectivity index (χ2n) is 2.44. The topological polar surface area (TPSA) is 25.2 Å². The molecule has 0 atom stereocenters. The summed E-state index contributed by atoms with van der Waals surface area (Å²) in [6, 6.07) is 3.82. The Morgan fingerprint density at radius 2 is 2.42 bits per heavy atom. The molecule has 0 amide bonds. The van der Waals surface area contributed by atoms with Crippen LogP contribution in [-0.4, -0.2) is 13.6 Å². The Kier molecular flexibility index (Phi) is 4.11. The summed E-state index contributed by atoms with van der Waals surface area (Å²) >= 11 is 3.24. The van der Waals surface area contributed by atoms with Crippen LogP contribution < -0.4 is 5.32 Å². The molecule has 1 aromatic rings. The SMILES string of the molecule is CNCC/C=C\c1ccc(Br)o1. The lowest BCUT2D eigenvalue weighted by molar-refractivity contribution is 0.531. The highest BCUT2D eigenvalue weighted by molar-refractivity contribution is 9.10. The van der Waals surface area contributed by atoms with Crippen LogP contribution in [0.25, 0.3) is 6.08 Å². The lowest BCUT2D eigenvalue weighted by atomic mass is 10.3. The summed E-state index contributed by atoms with van der Waals surface area (Å²) in [5.74, 6) is 0.887. The zero-order chi connectivity index (χ0) is 8.81. The van der Waals surface area contributed by atoms with Crippen LogP contribution in [0.5, 0.6) is 0 Å². The van der Waals surface area contributed by atoms with Crippen LogP contribution in [0.3, 0.4) is 0 Å². The Morgan fingerprint density at radius 1 is 1.58 bits per heavy atom. The van der Waals surface area contributed by atoms with Gasteiger partial charge in [0.15, 0.2) is 4.67 Å². The van der Waals surface area contributed by atoms with Gasteiger partial charge in [0.2, 0.25) is 0 Å². The van der Waals surface area contributed by atoms with E-state index in [0.29, 0.717) is 0 Å². The van der Waals surface area contributed by atoms with Gasteiger partial charge in [0.05, 0.1) is 0 Å². The second kappa shape index (κ2) is 5.17. The summed E-state index contributed by atoms with van der Waals surface area (Å²) in [4.78, 5) is 0. The average molecular weight is 230 g/mol. The van der Waals surface area contributed by atoms with E-state index in [1.807, 2.05) is 25.3 Å². The first kappa shape index (κ1) is 9.55. The largest absolute Gasteiger partial charge is 0.450 e. The van der Waals surface area contributed by atoms with Gasteiger partial charge in [0.25, 0.3) is 0 Å². The Balaban J connectivity index is 2.36. The first-order chi connectivity index (χ1) is 5.83. The minimum Gasteiger partial charge on any atom is -0.450 e. The monoisotopic (exact) mass is 229 g/mol. The molecule has 0 aliphatic heterocycles. The smallest absolute Gasteiger partial charge is 0.169 e. The molecule has 0 fully saturated rings. The number of hydrogen-bond acceptors (Lipinski definition) is 2. The summed E-state index contributed by atoms with van der Waals surface area (Å²) < 4.78 is 6.05. The molecule has 66 valence electrons. The molecule has 1 aromatic heterocycles. The fraction of sp³-hybridized carbons (Fsp3) is 0.333. The molecular weight excluding hydrogens is 218 g/mol. The number of nitrogens with one attached hydrogen (secondary N) is 1. The lowest BCUT2D eigenvalue weighted by Gasteiger charge is -1.89. The molecule has 0 aromatic carbocycles. The third-order valence-corrected chi connectivity index (χ3v) is 1.86. The van der Waals surface area contributed by atoms with Gasteiger partial charge in [-0.2, -0.15) is 0 Å². The van der Waals surface area contributed by atoms with Crippen LogP contribution in [0, 0.1) is 0 Å². The normalized spacial score (nSPS) is 11.2. The van der Waals surface area contributed by atoms with Gasteiger partial charge in [-0.25, -0.2) is 0 Å². The molecule has 0 radical (unpaired) electrons. The lowest BCUT2D eigenvalue weighted by Crippen LogP contribution is -2.05. The molecule has 1 heterocycles. The van der Waals surface area contributed by atoms with Gasteiger partial charge < -0.3 is 9.73 Å². The van der Waals surface area contributed by atoms with Gasteiger partial charge in [-0.1, -0.05) is 6.08 Å². The highest BCUT2D eigenvalue weighted by Crippen LogP contribution is 2.14. The third-order valence-electron chi connectivity index (χ3n) is 1.44. The maximum Gasteiger partial charge on any atom is 0.169 e. The van der Waals surface area contributed by atoms with E-state index >= 15 is 0 Å². The molecule has 0 bridgehead atoms. The van der Waals surface area contributed by atoms with Crippen LogP contribution in [0.4, 0.5) is 0 Å². The summed E-state index contributed by atoms with van der Waals surface area (Å²) in [6.07, 6.45) is 5.08. The van der Waals surface area contributed by atoms with Crippen molar-refractivity contribution in [3.8, 4) is 0 Å². The molecule has 0 saturated carbocycles. The quantitative estimate of drug-likeness (QED) is 0.804. The van der Waals surface area contributed by atoms with E-state index in [1.54, 1.807) is 0 Å². The van der Waals surface area contributed by atoms with Crippen molar-refractivity contribution >= 4 is 22.0 Å². The van der Waals surface area contributed by atoms with Crippen LogP contribution in [0.15, 0.2) is 27.3 Å². The van der Waals surface area contributed by atoms with Gasteiger partial charge in [-0.3, -0.25) is 0 Å². The van der Waals surface area contributed by atoms with Crippen molar-refractivity contribution in [1.29, 1.82) is 0 Å². The van der Waals surface area contributed by atoms with E-state index in [9.17, 15) is 0 Å². The highest BCUT2D eigenvalue weighted by Gasteiger charge is 1.92. The number of halogens is 1. The molecule has 2 nitrogen and oxygen atoms in total. The first-order valence-electron chi connectivity index (χ1n) is 3.89. The molecule has 0 aliphatic rings. The van der Waals surface area contributed by atoms with Crippen molar-refractivity contribution < 1.29 is 4.42 Å². The van der Waals surface area contributed by atoms with E-state index in [0.717, 1.165) is 23.4 Å². The molecule has 0 aliphatic carbocycles. The zero-order valence-electron chi connectivity index (χ0n) is 7.01. The van der Waals surface area contributed by atoms with Crippen LogP contribution in [0.1, 0.15) is 12.2 Å². The van der Waals surface area contributed by atoms with Gasteiger partial charge in [0.1, 0.15) is 5.76 Å². The Bertz CT molecular complexity index is 255. The molecular formula is C9H12BrNO. The minimum atomic E-state index is 0.774. The van der Waals surface area contributed by atoms with E-state index in [2.05, 4.69) is 27.3 Å². The molecule has 0 saturated heterocycles. The highest BCUT2D eigenvalue weighted by atomic mass is 79.9. The molecule has 1 N–H and O–H groups in total. The van der Waals surface area contributed by atoms with Crippen molar-refractivity contribution in [3.05, 3.63) is 28.6 Å². The fourth-order valence-corrected chi connectivity index (χ4v) is 1.16.